The van der Waals surface area contributed by atoms with Crippen LogP contribution in [0.3, 0.4) is 0 Å². The van der Waals surface area contributed by atoms with Crippen LogP contribution in [0.5, 0.6) is 0 Å². The minimum atomic E-state index is 1.02. The topological polar surface area (TPSA) is 22.2 Å². The fourth-order valence-electron chi connectivity index (χ4n) is 3.86. The van der Waals surface area contributed by atoms with Gasteiger partial charge in [0.15, 0.2) is 5.82 Å². The van der Waals surface area contributed by atoms with Crippen LogP contribution in [0.15, 0.2) is 63.7 Å². The van der Waals surface area contributed by atoms with Crippen LogP contribution in [-0.4, -0.2) is 14.2 Å². The predicted molar refractivity (Wildman–Crippen MR) is 112 cm³/mol. The van der Waals surface area contributed by atoms with Crippen LogP contribution in [0, 0.1) is 0 Å². The van der Waals surface area contributed by atoms with E-state index in [1.165, 1.54) is 35.2 Å². The van der Waals surface area contributed by atoms with Gasteiger partial charge in [0.2, 0.25) is 0 Å². The molecule has 0 amide bonds. The molecule has 26 heavy (non-hydrogen) atoms. The van der Waals surface area contributed by atoms with Gasteiger partial charge >= 0.3 is 0 Å². The average molecular weight is 471 g/mol. The maximum atomic E-state index is 4.94. The molecule has 0 bridgehead atoms. The number of hydrogen-bond acceptors (Lipinski definition) is 1. The van der Waals surface area contributed by atoms with Crippen molar-refractivity contribution in [2.24, 2.45) is 0 Å². The predicted octanol–water partition coefficient (Wildman–Crippen LogP) is 6.33. The van der Waals surface area contributed by atoms with Crippen LogP contribution < -0.4 is 0 Å². The molecule has 0 atom stereocenters. The molecule has 0 aliphatic carbocycles. The zero-order valence-corrected chi connectivity index (χ0v) is 17.3. The monoisotopic (exact) mass is 469 g/mol. The van der Waals surface area contributed by atoms with Crippen molar-refractivity contribution in [3.63, 3.8) is 0 Å². The summed E-state index contributed by atoms with van der Waals surface area (Å²) in [7, 11) is 0. The molecule has 3 nitrogen and oxygen atoms in total. The lowest BCUT2D eigenvalue weighted by Gasteiger charge is -2.07. The Hall–Kier alpha value is -1.85. The molecule has 0 saturated heterocycles. The summed E-state index contributed by atoms with van der Waals surface area (Å²) in [4.78, 5) is 0. The molecule has 0 saturated carbocycles. The van der Waals surface area contributed by atoms with E-state index in [9.17, 15) is 0 Å². The summed E-state index contributed by atoms with van der Waals surface area (Å²) in [5.41, 5.74) is 6.39. The normalized spacial score (nSPS) is 13.9. The van der Waals surface area contributed by atoms with Crippen molar-refractivity contribution in [2.45, 2.75) is 25.8 Å². The first kappa shape index (κ1) is 16.3. The van der Waals surface area contributed by atoms with Crippen LogP contribution in [0.4, 0.5) is 0 Å². The minimum Gasteiger partial charge on any atom is -0.309 e. The van der Waals surface area contributed by atoms with E-state index in [1.54, 1.807) is 0 Å². The lowest BCUT2D eigenvalue weighted by atomic mass is 10.0. The number of aromatic nitrogens is 3. The second-order valence-electron chi connectivity index (χ2n) is 6.74. The Morgan fingerprint density at radius 1 is 0.808 bits per heavy atom. The zero-order chi connectivity index (χ0) is 17.7. The largest absolute Gasteiger partial charge is 0.309 e. The summed E-state index contributed by atoms with van der Waals surface area (Å²) in [6.07, 6.45) is 5.69. The fraction of sp³-hybridized carbons (Fsp3) is 0.190. The van der Waals surface area contributed by atoms with Crippen molar-refractivity contribution in [3.05, 3.63) is 69.2 Å². The van der Waals surface area contributed by atoms with Crippen molar-refractivity contribution >= 4 is 37.5 Å². The number of halogens is 2. The quantitative estimate of drug-likeness (QED) is 0.335. The molecular weight excluding hydrogens is 454 g/mol. The van der Waals surface area contributed by atoms with Gasteiger partial charge in [0, 0.05) is 38.4 Å². The molecule has 130 valence electrons. The molecule has 0 radical (unpaired) electrons. The summed E-state index contributed by atoms with van der Waals surface area (Å²) >= 11 is 7.05. The highest BCUT2D eigenvalue weighted by molar-refractivity contribution is 9.10. The molecule has 0 spiro atoms. The van der Waals surface area contributed by atoms with Gasteiger partial charge in [-0.05, 0) is 49.1 Å². The van der Waals surface area contributed by atoms with Crippen molar-refractivity contribution in [3.8, 4) is 22.5 Å². The van der Waals surface area contributed by atoms with E-state index < -0.39 is 0 Å². The third-order valence-electron chi connectivity index (χ3n) is 5.09. The standard InChI is InChI=1S/C21H17Br2N3/c22-16-8-4-14(5-9-16)19-13-26-21-18(19)3-1-2-12-25(21)20(24-26)15-6-10-17(23)11-7-15/h4-11,13H,1-3,12H2. The Morgan fingerprint density at radius 3 is 2.15 bits per heavy atom. The molecule has 3 heterocycles. The molecule has 1 aliphatic rings. The molecule has 1 aliphatic heterocycles. The Morgan fingerprint density at radius 2 is 1.46 bits per heavy atom. The average Bonchev–Trinajstić information content (AvgIpc) is 3.07. The van der Waals surface area contributed by atoms with Crippen LogP contribution in [-0.2, 0) is 13.0 Å². The molecule has 0 unspecified atom stereocenters. The highest BCUT2D eigenvalue weighted by Crippen LogP contribution is 2.35. The van der Waals surface area contributed by atoms with E-state index in [0.29, 0.717) is 0 Å². The second-order valence-corrected chi connectivity index (χ2v) is 8.57. The van der Waals surface area contributed by atoms with Gasteiger partial charge < -0.3 is 4.57 Å². The van der Waals surface area contributed by atoms with E-state index in [0.717, 1.165) is 33.3 Å². The number of rotatable bonds is 2. The summed E-state index contributed by atoms with van der Waals surface area (Å²) in [5, 5.41) is 4.94. The molecule has 2 aromatic heterocycles. The van der Waals surface area contributed by atoms with E-state index in [2.05, 4.69) is 95.7 Å². The van der Waals surface area contributed by atoms with Crippen LogP contribution >= 0.6 is 31.9 Å². The molecule has 5 heteroatoms. The summed E-state index contributed by atoms with van der Waals surface area (Å²) in [6, 6.07) is 17.0. The molecule has 0 N–H and O–H groups in total. The Kier molecular flexibility index (Phi) is 4.02. The van der Waals surface area contributed by atoms with Gasteiger partial charge in [-0.15, -0.1) is 5.10 Å². The summed E-state index contributed by atoms with van der Waals surface area (Å²) in [6.45, 7) is 1.02. The number of aryl methyl sites for hydroxylation is 2. The van der Waals surface area contributed by atoms with E-state index in [4.69, 9.17) is 5.10 Å². The van der Waals surface area contributed by atoms with Gasteiger partial charge in [0.1, 0.15) is 5.65 Å². The molecule has 0 fully saturated rings. The summed E-state index contributed by atoms with van der Waals surface area (Å²) < 4.78 is 6.67. The maximum Gasteiger partial charge on any atom is 0.162 e. The van der Waals surface area contributed by atoms with Gasteiger partial charge in [-0.25, -0.2) is 4.52 Å². The van der Waals surface area contributed by atoms with Crippen molar-refractivity contribution < 1.29 is 0 Å². The molecule has 4 aromatic rings. The zero-order valence-electron chi connectivity index (χ0n) is 14.1. The lowest BCUT2D eigenvalue weighted by molar-refractivity contribution is 0.645. The Balaban J connectivity index is 1.72. The lowest BCUT2D eigenvalue weighted by Crippen LogP contribution is -1.99. The number of nitrogens with zero attached hydrogens (tertiary/aromatic N) is 3. The van der Waals surface area contributed by atoms with Gasteiger partial charge in [0.05, 0.1) is 0 Å². The molecule has 5 rings (SSSR count). The first-order chi connectivity index (χ1) is 12.7. The second kappa shape index (κ2) is 6.39. The van der Waals surface area contributed by atoms with Gasteiger partial charge in [-0.3, -0.25) is 0 Å². The van der Waals surface area contributed by atoms with Gasteiger partial charge in [-0.1, -0.05) is 56.1 Å². The molecular formula is C21H17Br2N3. The Bertz CT molecular complexity index is 1000. The smallest absolute Gasteiger partial charge is 0.162 e. The molecule has 2 aromatic carbocycles. The number of benzene rings is 2. The van der Waals surface area contributed by atoms with Crippen molar-refractivity contribution in [1.29, 1.82) is 0 Å². The van der Waals surface area contributed by atoms with Crippen molar-refractivity contribution in [2.75, 3.05) is 0 Å². The first-order valence-corrected chi connectivity index (χ1v) is 10.4. The highest BCUT2D eigenvalue weighted by atomic mass is 79.9. The van der Waals surface area contributed by atoms with Crippen LogP contribution in [0.2, 0.25) is 0 Å². The third kappa shape index (κ3) is 2.65. The Labute approximate surface area is 168 Å². The van der Waals surface area contributed by atoms with E-state index in [-0.39, 0.29) is 0 Å². The SMILES string of the molecule is Brc1ccc(-c2cn3nc(-c4ccc(Br)cc4)n4c3c2CCCC4)cc1. The van der Waals surface area contributed by atoms with Crippen molar-refractivity contribution in [1.82, 2.24) is 14.2 Å². The number of hydrogen-bond donors (Lipinski definition) is 0. The van der Waals surface area contributed by atoms with Crippen LogP contribution in [0.1, 0.15) is 18.4 Å². The first-order valence-electron chi connectivity index (χ1n) is 8.83. The van der Waals surface area contributed by atoms with Gasteiger partial charge in [-0.2, -0.15) is 0 Å². The van der Waals surface area contributed by atoms with Gasteiger partial charge in [0.25, 0.3) is 0 Å². The third-order valence-corrected chi connectivity index (χ3v) is 6.15. The minimum absolute atomic E-state index is 1.02. The maximum absolute atomic E-state index is 4.94. The van der Waals surface area contributed by atoms with E-state index in [1.807, 2.05) is 0 Å². The summed E-state index contributed by atoms with van der Waals surface area (Å²) in [5.74, 6) is 1.05. The van der Waals surface area contributed by atoms with E-state index >= 15 is 0 Å². The highest BCUT2D eigenvalue weighted by Gasteiger charge is 2.22. The van der Waals surface area contributed by atoms with Crippen LogP contribution in [0.25, 0.3) is 28.2 Å². The fourth-order valence-corrected chi connectivity index (χ4v) is 4.39.